The Balaban J connectivity index is 2.71. The topological polar surface area (TPSA) is 175 Å². The summed E-state index contributed by atoms with van der Waals surface area (Å²) in [6.45, 7) is 5.65. The van der Waals surface area contributed by atoms with Crippen LogP contribution in [0.5, 0.6) is 0 Å². The second-order valence-electron chi connectivity index (χ2n) is 22.1. The van der Waals surface area contributed by atoms with Crippen molar-refractivity contribution in [2.75, 3.05) is 13.2 Å². The van der Waals surface area contributed by atoms with E-state index in [4.69, 9.17) is 14.2 Å². The number of ether oxygens (including phenoxy) is 3. The summed E-state index contributed by atoms with van der Waals surface area (Å²) in [7, 11) is 0. The van der Waals surface area contributed by atoms with Crippen molar-refractivity contribution in [2.45, 2.75) is 320 Å². The Hall–Kier alpha value is -3.16. The summed E-state index contributed by atoms with van der Waals surface area (Å²) < 4.78 is 17.6. The minimum atomic E-state index is -1.63. The van der Waals surface area contributed by atoms with Gasteiger partial charge in [0.1, 0.15) is 24.4 Å². The van der Waals surface area contributed by atoms with Gasteiger partial charge in [-0.05, 0) is 57.8 Å². The fourth-order valence-electron chi connectivity index (χ4n) is 9.73. The van der Waals surface area contributed by atoms with Crippen LogP contribution in [0.2, 0.25) is 0 Å². The smallest absolute Gasteiger partial charge is 0.306 e. The van der Waals surface area contributed by atoms with Gasteiger partial charge in [0.2, 0.25) is 5.91 Å². The number of rotatable bonds is 54. The van der Waals surface area contributed by atoms with Gasteiger partial charge in [-0.25, -0.2) is 0 Å². The van der Waals surface area contributed by atoms with Crippen LogP contribution >= 0.6 is 0 Å². The molecule has 0 aromatic rings. The number of aliphatic hydroxyl groups is 5. The van der Waals surface area contributed by atoms with Gasteiger partial charge in [0, 0.05) is 12.8 Å². The van der Waals surface area contributed by atoms with Crippen molar-refractivity contribution < 1.29 is 49.3 Å². The average molecular weight is 1110 g/mol. The zero-order chi connectivity index (χ0) is 57.5. The van der Waals surface area contributed by atoms with Crippen LogP contribution in [0.4, 0.5) is 0 Å². The number of esters is 1. The quantitative estimate of drug-likeness (QED) is 0.0195. The van der Waals surface area contributed by atoms with Gasteiger partial charge in [-0.2, -0.15) is 0 Å². The third-order valence-electron chi connectivity index (χ3n) is 14.8. The molecule has 1 aliphatic rings. The van der Waals surface area contributed by atoms with Gasteiger partial charge in [-0.1, -0.05) is 286 Å². The highest BCUT2D eigenvalue weighted by Gasteiger charge is 2.47. The van der Waals surface area contributed by atoms with Crippen LogP contribution in [0.3, 0.4) is 0 Å². The summed E-state index contributed by atoms with van der Waals surface area (Å²) in [5, 5.41) is 56.9. The van der Waals surface area contributed by atoms with E-state index in [1.165, 1.54) is 148 Å². The molecule has 0 radical (unpaired) electrons. The predicted octanol–water partition coefficient (Wildman–Crippen LogP) is 15.7. The van der Waals surface area contributed by atoms with Crippen LogP contribution in [0.15, 0.2) is 85.1 Å². The van der Waals surface area contributed by atoms with E-state index in [0.717, 1.165) is 77.0 Å². The van der Waals surface area contributed by atoms with Crippen LogP contribution in [0, 0.1) is 0 Å². The number of allylic oxidation sites excluding steroid dienone is 12. The van der Waals surface area contributed by atoms with Crippen LogP contribution in [-0.2, 0) is 23.8 Å². The monoisotopic (exact) mass is 1110 g/mol. The number of hydrogen-bond donors (Lipinski definition) is 6. The largest absolute Gasteiger partial charge is 0.454 e. The molecule has 0 aromatic carbocycles. The van der Waals surface area contributed by atoms with E-state index in [0.29, 0.717) is 12.8 Å². The minimum Gasteiger partial charge on any atom is -0.454 e. The molecule has 0 saturated carbocycles. The maximum absolute atomic E-state index is 13.4. The molecule has 11 heteroatoms. The number of hydrogen-bond acceptors (Lipinski definition) is 10. The van der Waals surface area contributed by atoms with Crippen LogP contribution < -0.4 is 5.32 Å². The van der Waals surface area contributed by atoms with Crippen LogP contribution in [0.25, 0.3) is 0 Å². The molecule has 8 atom stereocenters. The molecule has 0 bridgehead atoms. The van der Waals surface area contributed by atoms with Gasteiger partial charge in [-0.15, -0.1) is 0 Å². The van der Waals surface area contributed by atoms with Crippen LogP contribution in [0.1, 0.15) is 271 Å². The van der Waals surface area contributed by atoms with Crippen molar-refractivity contribution in [1.29, 1.82) is 0 Å². The van der Waals surface area contributed by atoms with Gasteiger partial charge in [-0.3, -0.25) is 9.59 Å². The fraction of sp³-hybridized carbons (Fsp3) is 0.765. The maximum atomic E-state index is 13.4. The lowest BCUT2D eigenvalue weighted by atomic mass is 9.99. The zero-order valence-electron chi connectivity index (χ0n) is 50.5. The van der Waals surface area contributed by atoms with Gasteiger partial charge >= 0.3 is 5.97 Å². The second kappa shape index (κ2) is 55.4. The fourth-order valence-corrected chi connectivity index (χ4v) is 9.73. The van der Waals surface area contributed by atoms with Gasteiger partial charge in [0.15, 0.2) is 12.4 Å². The second-order valence-corrected chi connectivity index (χ2v) is 22.1. The molecule has 0 aromatic heterocycles. The highest BCUT2D eigenvalue weighted by atomic mass is 16.7. The number of nitrogens with one attached hydrogen (secondary N) is 1. The molecular weight excluding hydrogens is 991 g/mol. The highest BCUT2D eigenvalue weighted by Crippen LogP contribution is 2.26. The van der Waals surface area contributed by atoms with E-state index in [2.05, 4.69) is 80.8 Å². The summed E-state index contributed by atoms with van der Waals surface area (Å²) in [6, 6.07) is -1.07. The Morgan fingerprint density at radius 3 is 1.32 bits per heavy atom. The Labute approximate surface area is 483 Å². The lowest BCUT2D eigenvalue weighted by molar-refractivity contribution is -0.305. The molecule has 1 amide bonds. The van der Waals surface area contributed by atoms with E-state index >= 15 is 0 Å². The Kier molecular flexibility index (Phi) is 51.8. The number of unbranched alkanes of at least 4 members (excludes halogenated alkanes) is 29. The molecule has 79 heavy (non-hydrogen) atoms. The highest BCUT2D eigenvalue weighted by molar-refractivity contribution is 5.81. The molecule has 8 unspecified atom stereocenters. The number of amides is 1. The lowest BCUT2D eigenvalue weighted by Gasteiger charge is -2.41. The van der Waals surface area contributed by atoms with E-state index in [1.54, 1.807) is 12.2 Å². The maximum Gasteiger partial charge on any atom is 0.306 e. The molecule has 1 heterocycles. The predicted molar refractivity (Wildman–Crippen MR) is 329 cm³/mol. The van der Waals surface area contributed by atoms with Crippen molar-refractivity contribution in [2.24, 2.45) is 0 Å². The Morgan fingerprint density at radius 2 is 0.899 bits per heavy atom. The summed E-state index contributed by atoms with van der Waals surface area (Å²) in [4.78, 5) is 26.6. The third kappa shape index (κ3) is 43.2. The Morgan fingerprint density at radius 1 is 0.506 bits per heavy atom. The van der Waals surface area contributed by atoms with E-state index in [9.17, 15) is 35.1 Å². The van der Waals surface area contributed by atoms with E-state index in [-0.39, 0.29) is 19.4 Å². The third-order valence-corrected chi connectivity index (χ3v) is 14.8. The van der Waals surface area contributed by atoms with Crippen LogP contribution in [-0.4, -0.2) is 99.6 Å². The van der Waals surface area contributed by atoms with E-state index in [1.807, 2.05) is 18.2 Å². The molecule has 6 N–H and O–H groups in total. The van der Waals surface area contributed by atoms with Crippen molar-refractivity contribution >= 4 is 11.9 Å². The number of carbonyl (C=O) groups is 2. The molecule has 1 saturated heterocycles. The van der Waals surface area contributed by atoms with E-state index < -0.39 is 67.4 Å². The first-order valence-corrected chi connectivity index (χ1v) is 32.4. The SMILES string of the molecule is CC/C=C\C/C=C\C/C=C\C/C=C\C/C=C\C/C=C\CC(O)C(=O)NC(COC1OC(CO)C(O)C(O)C1OC(=O)CCCCCCCCCCCCCCCCCCCCC)C(O)/C=C/CCCCCCCCCCCCC. The summed E-state index contributed by atoms with van der Waals surface area (Å²) >= 11 is 0. The molecule has 1 rings (SSSR count). The first-order chi connectivity index (χ1) is 38.7. The molecule has 1 fully saturated rings. The zero-order valence-corrected chi connectivity index (χ0v) is 50.5. The number of carbonyl (C=O) groups excluding carboxylic acids is 2. The molecule has 1 aliphatic heterocycles. The van der Waals surface area contributed by atoms with Crippen molar-refractivity contribution in [3.8, 4) is 0 Å². The van der Waals surface area contributed by atoms with Crippen molar-refractivity contribution in [3.05, 3.63) is 85.1 Å². The summed E-state index contributed by atoms with van der Waals surface area (Å²) in [5.41, 5.74) is 0. The average Bonchev–Trinajstić information content (AvgIpc) is 3.49. The molecule has 11 nitrogen and oxygen atoms in total. The molecule has 0 spiro atoms. The normalized spacial score (nSPS) is 19.4. The Bertz CT molecular complexity index is 1610. The van der Waals surface area contributed by atoms with Crippen molar-refractivity contribution in [3.63, 3.8) is 0 Å². The lowest BCUT2D eigenvalue weighted by Crippen LogP contribution is -2.61. The van der Waals surface area contributed by atoms with Crippen molar-refractivity contribution in [1.82, 2.24) is 5.32 Å². The number of aliphatic hydroxyl groups excluding tert-OH is 5. The summed E-state index contributed by atoms with van der Waals surface area (Å²) in [5.74, 6) is -1.28. The first kappa shape index (κ1) is 73.9. The summed E-state index contributed by atoms with van der Waals surface area (Å²) in [6.07, 6.45) is 62.1. The first-order valence-electron chi connectivity index (χ1n) is 32.4. The van der Waals surface area contributed by atoms with Gasteiger partial charge in [0.25, 0.3) is 0 Å². The van der Waals surface area contributed by atoms with Gasteiger partial charge in [0.05, 0.1) is 25.4 Å². The molecular formula is C68H119NO10. The molecule has 0 aliphatic carbocycles. The van der Waals surface area contributed by atoms with Gasteiger partial charge < -0.3 is 45.1 Å². The standard InChI is InChI=1S/C68H119NO10/c1-4-7-10-13-16-19-22-25-27-29-31-33-35-38-41-44-47-50-53-56-63(73)79-66-65(75)64(74)62(57-70)78-68(66)77-58-59(60(71)54-51-48-45-42-39-36-24-21-18-15-12-9-6-3)69-67(76)61(72)55-52-49-46-43-40-37-34-32-30-28-26-23-20-17-14-11-8-5-2/h8,11,17,20,26,28,32,34,40,43,49,51-52,54,59-62,64-66,68,70-72,74-75H,4-7,9-10,12-16,18-19,21-25,27,29-31,33,35-39,41-42,44-48,50,53,55-58H2,1-3H3,(H,69,76)/b11-8-,20-17-,28-26-,34-32-,43-40-,52-49-,54-51+. The molecule has 456 valence electrons. The minimum absolute atomic E-state index is 0.0560.